The number of nitrogens with zero attached hydrogens (tertiary/aromatic N) is 2. The lowest BCUT2D eigenvalue weighted by atomic mass is 10.1. The van der Waals surface area contributed by atoms with Gasteiger partial charge in [-0.1, -0.05) is 29.8 Å². The minimum atomic E-state index is -3.79. The topological polar surface area (TPSA) is 87.5 Å². The van der Waals surface area contributed by atoms with Crippen LogP contribution in [0.4, 0.5) is 0 Å². The molecule has 6 nitrogen and oxygen atoms in total. The van der Waals surface area contributed by atoms with E-state index < -0.39 is 16.0 Å². The summed E-state index contributed by atoms with van der Waals surface area (Å²) < 4.78 is 30.7. The quantitative estimate of drug-likeness (QED) is 0.746. The van der Waals surface area contributed by atoms with Gasteiger partial charge in [0.1, 0.15) is 11.5 Å². The van der Waals surface area contributed by atoms with Gasteiger partial charge < -0.3 is 4.74 Å². The predicted octanol–water partition coefficient (Wildman–Crippen LogP) is 2.82. The fourth-order valence-corrected chi connectivity index (χ4v) is 3.40. The lowest BCUT2D eigenvalue weighted by Gasteiger charge is -2.13. The molecule has 0 unspecified atom stereocenters. The van der Waals surface area contributed by atoms with Gasteiger partial charge in [-0.3, -0.25) is 0 Å². The van der Waals surface area contributed by atoms with Crippen molar-refractivity contribution < 1.29 is 17.9 Å². The molecule has 2 aromatic carbocycles. The van der Waals surface area contributed by atoms with Crippen molar-refractivity contribution in [2.45, 2.75) is 11.5 Å². The van der Waals surface area contributed by atoms with Crippen LogP contribution in [0.2, 0.25) is 5.02 Å². The predicted molar refractivity (Wildman–Crippen MR) is 92.6 cm³/mol. The van der Waals surface area contributed by atoms with Gasteiger partial charge in [-0.05, 0) is 24.3 Å². The van der Waals surface area contributed by atoms with E-state index in [0.29, 0.717) is 11.1 Å². The lowest BCUT2D eigenvalue weighted by molar-refractivity contribution is 0.0472. The Morgan fingerprint density at radius 2 is 1.92 bits per heavy atom. The Bertz CT molecular complexity index is 949. The number of esters is 1. The van der Waals surface area contributed by atoms with Gasteiger partial charge in [-0.25, -0.2) is 17.5 Å². The summed E-state index contributed by atoms with van der Waals surface area (Å²) in [6.07, 6.45) is 0. The van der Waals surface area contributed by atoms with Crippen LogP contribution in [0.3, 0.4) is 0 Å². The Morgan fingerprint density at radius 3 is 2.56 bits per heavy atom. The van der Waals surface area contributed by atoms with Gasteiger partial charge in [0, 0.05) is 19.7 Å². The first-order valence-electron chi connectivity index (χ1n) is 7.14. The smallest absolute Gasteiger partial charge is 0.338 e. The van der Waals surface area contributed by atoms with Crippen LogP contribution < -0.4 is 0 Å². The minimum Gasteiger partial charge on any atom is -0.457 e. The fraction of sp³-hybridized carbons (Fsp3) is 0.176. The number of halogens is 1. The highest BCUT2D eigenvalue weighted by Gasteiger charge is 2.23. The first-order valence-corrected chi connectivity index (χ1v) is 8.96. The van der Waals surface area contributed by atoms with Crippen molar-refractivity contribution in [2.75, 3.05) is 14.1 Å². The number of sulfonamides is 1. The maximum atomic E-state index is 12.2. The van der Waals surface area contributed by atoms with Crippen molar-refractivity contribution in [3.05, 3.63) is 64.2 Å². The Hall–Kier alpha value is -2.40. The van der Waals surface area contributed by atoms with E-state index >= 15 is 0 Å². The van der Waals surface area contributed by atoms with Gasteiger partial charge in [-0.2, -0.15) is 5.26 Å². The first kappa shape index (κ1) is 18.9. The number of rotatable bonds is 5. The van der Waals surface area contributed by atoms with E-state index in [4.69, 9.17) is 21.6 Å². The number of benzene rings is 2. The molecule has 0 heterocycles. The molecule has 2 aromatic rings. The van der Waals surface area contributed by atoms with Crippen LogP contribution in [0.5, 0.6) is 0 Å². The molecule has 25 heavy (non-hydrogen) atoms. The van der Waals surface area contributed by atoms with E-state index in [-0.39, 0.29) is 22.1 Å². The van der Waals surface area contributed by atoms with E-state index in [9.17, 15) is 13.2 Å². The second-order valence-corrected chi connectivity index (χ2v) is 7.81. The van der Waals surface area contributed by atoms with Gasteiger partial charge in [-0.15, -0.1) is 0 Å². The van der Waals surface area contributed by atoms with E-state index in [1.807, 2.05) is 6.07 Å². The third kappa shape index (κ3) is 4.17. The summed E-state index contributed by atoms with van der Waals surface area (Å²) in [7, 11) is -1.05. The van der Waals surface area contributed by atoms with Crippen molar-refractivity contribution in [3.63, 3.8) is 0 Å². The van der Waals surface area contributed by atoms with Gasteiger partial charge in [0.05, 0.1) is 22.2 Å². The van der Waals surface area contributed by atoms with Crippen molar-refractivity contribution in [1.82, 2.24) is 4.31 Å². The number of nitriles is 1. The first-order chi connectivity index (χ1) is 11.8. The molecule has 0 aliphatic heterocycles. The zero-order valence-corrected chi connectivity index (χ0v) is 15.1. The molecule has 0 N–H and O–H groups in total. The Balaban J connectivity index is 2.25. The Kier molecular flexibility index (Phi) is 5.80. The van der Waals surface area contributed by atoms with Crippen LogP contribution in [-0.2, 0) is 21.4 Å². The summed E-state index contributed by atoms with van der Waals surface area (Å²) >= 11 is 5.95. The summed E-state index contributed by atoms with van der Waals surface area (Å²) in [5, 5.41) is 9.05. The maximum Gasteiger partial charge on any atom is 0.338 e. The van der Waals surface area contributed by atoms with E-state index in [0.717, 1.165) is 4.31 Å². The highest BCUT2D eigenvalue weighted by molar-refractivity contribution is 7.89. The highest BCUT2D eigenvalue weighted by Crippen LogP contribution is 2.25. The Morgan fingerprint density at radius 1 is 1.24 bits per heavy atom. The van der Waals surface area contributed by atoms with Crippen molar-refractivity contribution >= 4 is 27.6 Å². The van der Waals surface area contributed by atoms with Crippen molar-refractivity contribution in [3.8, 4) is 6.07 Å². The van der Waals surface area contributed by atoms with Gasteiger partial charge in [0.25, 0.3) is 0 Å². The lowest BCUT2D eigenvalue weighted by Crippen LogP contribution is -2.23. The fourth-order valence-electron chi connectivity index (χ4n) is 2.01. The normalized spacial score (nSPS) is 11.2. The molecule has 0 saturated heterocycles. The summed E-state index contributed by atoms with van der Waals surface area (Å²) in [4.78, 5) is 12.0. The molecule has 0 aliphatic carbocycles. The SMILES string of the molecule is CN(C)S(=O)(=O)c1cc(C(=O)OCc2ccccc2C#N)ccc1Cl. The van der Waals surface area contributed by atoms with Crippen LogP contribution in [0.1, 0.15) is 21.5 Å². The average Bonchev–Trinajstić information content (AvgIpc) is 2.59. The second-order valence-electron chi connectivity index (χ2n) is 5.28. The van der Waals surface area contributed by atoms with Gasteiger partial charge in [0.15, 0.2) is 0 Å². The largest absolute Gasteiger partial charge is 0.457 e. The zero-order chi connectivity index (χ0) is 18.6. The van der Waals surface area contributed by atoms with Gasteiger partial charge >= 0.3 is 5.97 Å². The minimum absolute atomic E-state index is 0.0140. The van der Waals surface area contributed by atoms with Gasteiger partial charge in [0.2, 0.25) is 10.0 Å². The molecule has 0 saturated carbocycles. The van der Waals surface area contributed by atoms with E-state index in [1.54, 1.807) is 24.3 Å². The van der Waals surface area contributed by atoms with Crippen LogP contribution >= 0.6 is 11.6 Å². The van der Waals surface area contributed by atoms with Crippen LogP contribution in [-0.4, -0.2) is 32.8 Å². The number of carbonyl (C=O) groups excluding carboxylic acids is 1. The van der Waals surface area contributed by atoms with Crippen LogP contribution in [0.25, 0.3) is 0 Å². The van der Waals surface area contributed by atoms with Crippen LogP contribution in [0, 0.1) is 11.3 Å². The summed E-state index contributed by atoms with van der Waals surface area (Å²) in [5.41, 5.74) is 1.02. The van der Waals surface area contributed by atoms with Crippen molar-refractivity contribution in [1.29, 1.82) is 5.26 Å². The number of hydrogen-bond acceptors (Lipinski definition) is 5. The maximum absolute atomic E-state index is 12.2. The van der Waals surface area contributed by atoms with E-state index in [1.165, 1.54) is 32.3 Å². The van der Waals surface area contributed by atoms with Crippen molar-refractivity contribution in [2.24, 2.45) is 0 Å². The number of ether oxygens (including phenoxy) is 1. The molecule has 0 fully saturated rings. The average molecular weight is 379 g/mol. The molecular formula is C17H15ClN2O4S. The molecule has 0 atom stereocenters. The summed E-state index contributed by atoms with van der Waals surface area (Å²) in [5.74, 6) is -0.709. The second kappa shape index (κ2) is 7.66. The Labute approximate surface area is 151 Å². The van der Waals surface area contributed by atoms with Crippen LogP contribution in [0.15, 0.2) is 47.4 Å². The zero-order valence-electron chi connectivity index (χ0n) is 13.6. The molecule has 130 valence electrons. The molecule has 8 heteroatoms. The molecule has 0 bridgehead atoms. The number of hydrogen-bond donors (Lipinski definition) is 0. The molecule has 0 aromatic heterocycles. The summed E-state index contributed by atoms with van der Waals surface area (Å²) in [6, 6.07) is 12.6. The molecule has 0 radical (unpaired) electrons. The highest BCUT2D eigenvalue weighted by atomic mass is 35.5. The molecule has 0 spiro atoms. The molecule has 0 aliphatic rings. The summed E-state index contributed by atoms with van der Waals surface area (Å²) in [6.45, 7) is -0.0963. The number of carbonyl (C=O) groups is 1. The monoisotopic (exact) mass is 378 g/mol. The standard InChI is InChI=1S/C17H15ClN2O4S/c1-20(2)25(22,23)16-9-12(7-8-15(16)18)17(21)24-11-14-6-4-3-5-13(14)10-19/h3-9H,11H2,1-2H3. The molecule has 0 amide bonds. The third-order valence-corrected chi connectivity index (χ3v) is 5.72. The third-order valence-electron chi connectivity index (χ3n) is 3.42. The molecular weight excluding hydrogens is 364 g/mol. The van der Waals surface area contributed by atoms with E-state index in [2.05, 4.69) is 0 Å². The molecule has 2 rings (SSSR count).